The van der Waals surface area contributed by atoms with Gasteiger partial charge in [-0.15, -0.1) is 0 Å². The minimum absolute atomic E-state index is 0.0161. The molecule has 0 saturated heterocycles. The Labute approximate surface area is 147 Å². The molecule has 1 aromatic rings. The fourth-order valence-corrected chi connectivity index (χ4v) is 1.79. The molecule has 0 aromatic heterocycles. The quantitative estimate of drug-likeness (QED) is 0.818. The zero-order chi connectivity index (χ0) is 19.6. The van der Waals surface area contributed by atoms with Gasteiger partial charge >= 0.3 is 6.09 Å². The number of nitrogens with one attached hydrogen (secondary N) is 1. The van der Waals surface area contributed by atoms with Crippen molar-refractivity contribution in [1.82, 2.24) is 5.32 Å². The molecular formula is C18H28F3NO3. The Morgan fingerprint density at radius 3 is 2.28 bits per heavy atom. The maximum atomic E-state index is 13.8. The molecule has 0 radical (unpaired) electrons. The van der Waals surface area contributed by atoms with Crippen LogP contribution in [0.3, 0.4) is 0 Å². The molecule has 144 valence electrons. The van der Waals surface area contributed by atoms with Gasteiger partial charge in [-0.05, 0) is 52.7 Å². The molecule has 0 saturated carbocycles. The number of amides is 1. The lowest BCUT2D eigenvalue weighted by Crippen LogP contribution is -2.37. The fraction of sp³-hybridized carbons (Fsp3) is 0.611. The molecule has 0 aliphatic heterocycles. The van der Waals surface area contributed by atoms with E-state index in [1.165, 1.54) is 13.0 Å². The number of halogens is 3. The Kier molecular flexibility index (Phi) is 10.0. The second kappa shape index (κ2) is 10.8. The van der Waals surface area contributed by atoms with E-state index in [2.05, 4.69) is 5.32 Å². The summed E-state index contributed by atoms with van der Waals surface area (Å²) in [6.45, 7) is 10.1. The van der Waals surface area contributed by atoms with Gasteiger partial charge < -0.3 is 14.8 Å². The number of hydrogen-bond acceptors (Lipinski definition) is 3. The number of aryl methyl sites for hydroxylation is 1. The highest BCUT2D eigenvalue weighted by molar-refractivity contribution is 5.67. The van der Waals surface area contributed by atoms with E-state index in [1.807, 2.05) is 0 Å². The molecule has 0 aliphatic carbocycles. The van der Waals surface area contributed by atoms with E-state index in [0.717, 1.165) is 6.07 Å². The van der Waals surface area contributed by atoms with E-state index < -0.39 is 29.4 Å². The highest BCUT2D eigenvalue weighted by atomic mass is 19.1. The van der Waals surface area contributed by atoms with Gasteiger partial charge in [0, 0.05) is 6.07 Å². The number of carbonyl (C=O) groups is 1. The molecule has 0 fully saturated rings. The highest BCUT2D eigenvalue weighted by Crippen LogP contribution is 2.25. The van der Waals surface area contributed by atoms with Crippen molar-refractivity contribution in [3.05, 3.63) is 29.3 Å². The lowest BCUT2D eigenvalue weighted by atomic mass is 10.1. The average molecular weight is 363 g/mol. The van der Waals surface area contributed by atoms with Crippen LogP contribution in [-0.4, -0.2) is 31.0 Å². The zero-order valence-corrected chi connectivity index (χ0v) is 15.7. The molecule has 25 heavy (non-hydrogen) atoms. The van der Waals surface area contributed by atoms with Crippen LogP contribution in [-0.2, 0) is 11.2 Å². The van der Waals surface area contributed by atoms with Crippen LogP contribution in [0.2, 0.25) is 0 Å². The van der Waals surface area contributed by atoms with E-state index in [-0.39, 0.29) is 19.0 Å². The summed E-state index contributed by atoms with van der Waals surface area (Å²) in [6, 6.07) is 2.02. The predicted octanol–water partition coefficient (Wildman–Crippen LogP) is 4.80. The van der Waals surface area contributed by atoms with Crippen molar-refractivity contribution in [3.8, 4) is 5.75 Å². The molecule has 1 atom stereocenters. The van der Waals surface area contributed by atoms with E-state index in [0.29, 0.717) is 12.0 Å². The second-order valence-corrected chi connectivity index (χ2v) is 6.31. The van der Waals surface area contributed by atoms with E-state index >= 15 is 0 Å². The van der Waals surface area contributed by atoms with Crippen molar-refractivity contribution in [2.45, 2.75) is 59.7 Å². The summed E-state index contributed by atoms with van der Waals surface area (Å²) < 4.78 is 47.9. The first-order chi connectivity index (χ1) is 11.5. The van der Waals surface area contributed by atoms with Gasteiger partial charge in [0.15, 0.2) is 11.6 Å². The van der Waals surface area contributed by atoms with Crippen LogP contribution in [0.15, 0.2) is 12.1 Å². The minimum Gasteiger partial charge on any atom is -0.486 e. The topological polar surface area (TPSA) is 47.6 Å². The lowest BCUT2D eigenvalue weighted by molar-refractivity contribution is 0.0504. The second-order valence-electron chi connectivity index (χ2n) is 6.31. The molecule has 7 heteroatoms. The molecule has 0 spiro atoms. The van der Waals surface area contributed by atoms with Crippen LogP contribution in [0.25, 0.3) is 0 Å². The SMILES string of the molecule is CCF.CCc1cc(F)cc(F)c1OC(C)CNC(=O)OC(C)(C)C. The third-order valence-corrected chi connectivity index (χ3v) is 2.72. The van der Waals surface area contributed by atoms with Gasteiger partial charge in [0.1, 0.15) is 17.5 Å². The Balaban J connectivity index is 0.00000178. The summed E-state index contributed by atoms with van der Waals surface area (Å²) in [5.74, 6) is -1.37. The molecule has 1 aromatic carbocycles. The van der Waals surface area contributed by atoms with Crippen LogP contribution >= 0.6 is 0 Å². The number of alkyl carbamates (subject to hydrolysis) is 1. The number of carbonyl (C=O) groups excluding carboxylic acids is 1. The van der Waals surface area contributed by atoms with Gasteiger partial charge in [-0.2, -0.15) is 0 Å². The minimum atomic E-state index is -0.749. The van der Waals surface area contributed by atoms with Crippen LogP contribution in [0.5, 0.6) is 5.75 Å². The van der Waals surface area contributed by atoms with Crippen LogP contribution in [0, 0.1) is 11.6 Å². The maximum Gasteiger partial charge on any atom is 0.407 e. The van der Waals surface area contributed by atoms with Gasteiger partial charge in [0.25, 0.3) is 0 Å². The average Bonchev–Trinajstić information content (AvgIpc) is 2.46. The summed E-state index contributed by atoms with van der Waals surface area (Å²) in [4.78, 5) is 11.5. The highest BCUT2D eigenvalue weighted by Gasteiger charge is 2.18. The first kappa shape index (κ1) is 23.1. The third-order valence-electron chi connectivity index (χ3n) is 2.72. The van der Waals surface area contributed by atoms with Gasteiger partial charge in [0.05, 0.1) is 13.2 Å². The molecular weight excluding hydrogens is 335 g/mol. The van der Waals surface area contributed by atoms with Crippen LogP contribution < -0.4 is 10.1 Å². The summed E-state index contributed by atoms with van der Waals surface area (Å²) in [5, 5.41) is 2.54. The molecule has 0 heterocycles. The lowest BCUT2D eigenvalue weighted by Gasteiger charge is -2.22. The third kappa shape index (κ3) is 9.84. The molecule has 0 aliphatic rings. The van der Waals surface area contributed by atoms with Crippen molar-refractivity contribution < 1.29 is 27.4 Å². The number of benzene rings is 1. The Bertz CT molecular complexity index is 545. The molecule has 1 unspecified atom stereocenters. The summed E-state index contributed by atoms with van der Waals surface area (Å²) in [7, 11) is 0. The van der Waals surface area contributed by atoms with E-state index in [4.69, 9.17) is 9.47 Å². The smallest absolute Gasteiger partial charge is 0.407 e. The molecule has 1 N–H and O–H groups in total. The monoisotopic (exact) mass is 363 g/mol. The maximum absolute atomic E-state index is 13.8. The normalized spacial score (nSPS) is 11.9. The van der Waals surface area contributed by atoms with Crippen molar-refractivity contribution in [3.63, 3.8) is 0 Å². The first-order valence-corrected chi connectivity index (χ1v) is 8.21. The van der Waals surface area contributed by atoms with Crippen molar-refractivity contribution in [2.75, 3.05) is 13.2 Å². The molecule has 1 rings (SSSR count). The van der Waals surface area contributed by atoms with Crippen LogP contribution in [0.4, 0.5) is 18.0 Å². The molecule has 4 nitrogen and oxygen atoms in total. The standard InChI is InChI=1S/C16H23F2NO3.C2H5F/c1-6-11-7-12(17)8-13(18)14(11)21-10(2)9-19-15(20)22-16(3,4)5;1-2-3/h7-8,10H,6,9H2,1-5H3,(H,19,20);2H2,1H3. The summed E-state index contributed by atoms with van der Waals surface area (Å²) in [5.41, 5.74) is -0.145. The summed E-state index contributed by atoms with van der Waals surface area (Å²) in [6.07, 6.45) is -0.619. The molecule has 0 bridgehead atoms. The van der Waals surface area contributed by atoms with Gasteiger partial charge in [0.2, 0.25) is 0 Å². The predicted molar refractivity (Wildman–Crippen MR) is 91.7 cm³/mol. The summed E-state index contributed by atoms with van der Waals surface area (Å²) >= 11 is 0. The Morgan fingerprint density at radius 2 is 1.80 bits per heavy atom. The van der Waals surface area contributed by atoms with Gasteiger partial charge in [-0.3, -0.25) is 4.39 Å². The fourth-order valence-electron chi connectivity index (χ4n) is 1.79. The van der Waals surface area contributed by atoms with Gasteiger partial charge in [-0.25, -0.2) is 13.6 Å². The van der Waals surface area contributed by atoms with Crippen molar-refractivity contribution >= 4 is 6.09 Å². The zero-order valence-electron chi connectivity index (χ0n) is 15.7. The van der Waals surface area contributed by atoms with E-state index in [1.54, 1.807) is 34.6 Å². The van der Waals surface area contributed by atoms with Gasteiger partial charge in [-0.1, -0.05) is 6.92 Å². The number of hydrogen-bond donors (Lipinski definition) is 1. The Hall–Kier alpha value is -1.92. The first-order valence-electron chi connectivity index (χ1n) is 8.21. The number of ether oxygens (including phenoxy) is 2. The number of rotatable bonds is 5. The van der Waals surface area contributed by atoms with Crippen molar-refractivity contribution in [2.24, 2.45) is 0 Å². The van der Waals surface area contributed by atoms with Crippen molar-refractivity contribution in [1.29, 1.82) is 0 Å². The Morgan fingerprint density at radius 1 is 1.24 bits per heavy atom. The number of alkyl halides is 1. The largest absolute Gasteiger partial charge is 0.486 e. The molecule has 1 amide bonds. The van der Waals surface area contributed by atoms with E-state index in [9.17, 15) is 18.0 Å². The van der Waals surface area contributed by atoms with Crippen LogP contribution in [0.1, 0.15) is 47.1 Å².